The normalized spacial score (nSPS) is 41.3. The first-order valence-corrected chi connectivity index (χ1v) is 10.9. The number of benzene rings is 1. The fourth-order valence-corrected chi connectivity index (χ4v) is 7.11. The molecule has 0 aromatic heterocycles. The summed E-state index contributed by atoms with van der Waals surface area (Å²) in [6, 6.07) is 10.2. The van der Waals surface area contributed by atoms with Crippen LogP contribution >= 0.6 is 0 Å². The van der Waals surface area contributed by atoms with Crippen LogP contribution in [-0.4, -0.2) is 11.6 Å². The van der Waals surface area contributed by atoms with Crippen LogP contribution in [-0.2, 0) is 9.59 Å². The number of ketones is 2. The summed E-state index contributed by atoms with van der Waals surface area (Å²) < 4.78 is 0. The van der Waals surface area contributed by atoms with E-state index in [0.717, 1.165) is 49.7 Å². The van der Waals surface area contributed by atoms with Gasteiger partial charge in [0.25, 0.3) is 0 Å². The maximum atomic E-state index is 12.9. The molecule has 1 aromatic rings. The zero-order valence-corrected chi connectivity index (χ0v) is 17.0. The summed E-state index contributed by atoms with van der Waals surface area (Å²) in [6.07, 6.45) is 11.0. The van der Waals surface area contributed by atoms with Gasteiger partial charge in [0.15, 0.2) is 5.78 Å². The molecule has 0 spiro atoms. The Labute approximate surface area is 168 Å². The fourth-order valence-electron chi connectivity index (χ4n) is 7.11. The van der Waals surface area contributed by atoms with Crippen LogP contribution in [0.2, 0.25) is 0 Å². The molecule has 0 heterocycles. The predicted molar refractivity (Wildman–Crippen MR) is 112 cm³/mol. The molecule has 1 aromatic carbocycles. The molecule has 3 fully saturated rings. The maximum absolute atomic E-state index is 12.9. The van der Waals surface area contributed by atoms with E-state index in [0.29, 0.717) is 35.7 Å². The van der Waals surface area contributed by atoms with Crippen molar-refractivity contribution in [3.63, 3.8) is 0 Å². The van der Waals surface area contributed by atoms with Crippen molar-refractivity contribution in [2.75, 3.05) is 0 Å². The molecule has 0 amide bonds. The van der Waals surface area contributed by atoms with E-state index in [1.165, 1.54) is 5.57 Å². The molecule has 4 aliphatic rings. The minimum Gasteiger partial charge on any atom is -0.299 e. The Morgan fingerprint density at radius 1 is 1.00 bits per heavy atom. The maximum Gasteiger partial charge on any atom is 0.162 e. The lowest BCUT2D eigenvalue weighted by Crippen LogP contribution is -2.50. The van der Waals surface area contributed by atoms with E-state index in [2.05, 4.69) is 38.1 Å². The molecule has 0 aliphatic heterocycles. The summed E-state index contributed by atoms with van der Waals surface area (Å²) in [7, 11) is 0. The summed E-state index contributed by atoms with van der Waals surface area (Å²) in [4.78, 5) is 25.5. The van der Waals surface area contributed by atoms with Crippen molar-refractivity contribution in [2.45, 2.75) is 58.8 Å². The zero-order valence-electron chi connectivity index (χ0n) is 17.0. The Morgan fingerprint density at radius 3 is 2.54 bits per heavy atom. The van der Waals surface area contributed by atoms with Crippen LogP contribution in [0.3, 0.4) is 0 Å². The molecule has 2 heteroatoms. The highest BCUT2D eigenvalue weighted by Crippen LogP contribution is 2.64. The zero-order chi connectivity index (χ0) is 19.5. The van der Waals surface area contributed by atoms with Crippen LogP contribution in [0.1, 0.15) is 64.4 Å². The third-order valence-electron chi connectivity index (χ3n) is 8.74. The number of hydrogen-bond donors (Lipinski definition) is 0. The molecule has 0 radical (unpaired) electrons. The van der Waals surface area contributed by atoms with E-state index in [4.69, 9.17) is 0 Å². The standard InChI is InChI=1S/C26H30O2/c1-25-13-12-22-20(21(25)10-11-24(25)28)9-8-19-15-23(27)18(16-26(19,22)2)14-17-6-4-3-5-7-17/h3-8,14,20-22H,9-13,15-16H2,1-2H3. The summed E-state index contributed by atoms with van der Waals surface area (Å²) in [5, 5.41) is 0. The van der Waals surface area contributed by atoms with Crippen molar-refractivity contribution < 1.29 is 9.59 Å². The van der Waals surface area contributed by atoms with Crippen molar-refractivity contribution in [1.82, 2.24) is 0 Å². The average Bonchev–Trinajstić information content (AvgIpc) is 2.99. The van der Waals surface area contributed by atoms with Crippen LogP contribution in [0.25, 0.3) is 6.08 Å². The minimum absolute atomic E-state index is 0.0738. The second-order valence-corrected chi connectivity index (χ2v) is 10.0. The van der Waals surface area contributed by atoms with Gasteiger partial charge in [0.2, 0.25) is 0 Å². The molecular weight excluding hydrogens is 344 g/mol. The number of rotatable bonds is 1. The molecule has 0 N–H and O–H groups in total. The third-order valence-corrected chi connectivity index (χ3v) is 8.74. The third kappa shape index (κ3) is 2.53. The number of Topliss-reactive ketones (excluding diaryl/α,β-unsaturated/α-hetero) is 2. The van der Waals surface area contributed by atoms with Gasteiger partial charge in [0, 0.05) is 18.3 Å². The van der Waals surface area contributed by atoms with E-state index in [1.54, 1.807) is 0 Å². The molecule has 4 aliphatic carbocycles. The molecule has 5 rings (SSSR count). The van der Waals surface area contributed by atoms with Gasteiger partial charge in [-0.15, -0.1) is 0 Å². The minimum atomic E-state index is -0.0872. The largest absolute Gasteiger partial charge is 0.299 e. The molecule has 0 saturated heterocycles. The molecule has 28 heavy (non-hydrogen) atoms. The van der Waals surface area contributed by atoms with Crippen molar-refractivity contribution in [2.24, 2.45) is 28.6 Å². The fraction of sp³-hybridized carbons (Fsp3) is 0.538. The summed E-state index contributed by atoms with van der Waals surface area (Å²) in [5.74, 6) is 2.53. The Bertz CT molecular complexity index is 892. The highest BCUT2D eigenvalue weighted by atomic mass is 16.1. The highest BCUT2D eigenvalue weighted by Gasteiger charge is 2.58. The van der Waals surface area contributed by atoms with Gasteiger partial charge in [-0.1, -0.05) is 55.8 Å². The van der Waals surface area contributed by atoms with E-state index >= 15 is 0 Å². The average molecular weight is 375 g/mol. The van der Waals surface area contributed by atoms with Gasteiger partial charge in [-0.2, -0.15) is 0 Å². The van der Waals surface area contributed by atoms with E-state index in [1.807, 2.05) is 18.2 Å². The molecule has 0 bridgehead atoms. The van der Waals surface area contributed by atoms with Gasteiger partial charge < -0.3 is 0 Å². The summed E-state index contributed by atoms with van der Waals surface area (Å²) >= 11 is 0. The van der Waals surface area contributed by atoms with Crippen LogP contribution < -0.4 is 0 Å². The molecule has 2 nitrogen and oxygen atoms in total. The molecular formula is C26H30O2. The highest BCUT2D eigenvalue weighted by molar-refractivity contribution is 6.02. The summed E-state index contributed by atoms with van der Waals surface area (Å²) in [6.45, 7) is 4.64. The van der Waals surface area contributed by atoms with Crippen molar-refractivity contribution in [3.8, 4) is 0 Å². The number of allylic oxidation sites excluding steroid dienone is 3. The Morgan fingerprint density at radius 2 is 1.75 bits per heavy atom. The van der Waals surface area contributed by atoms with Gasteiger partial charge >= 0.3 is 0 Å². The van der Waals surface area contributed by atoms with E-state index in [-0.39, 0.29) is 10.8 Å². The first-order chi connectivity index (χ1) is 13.4. The molecule has 3 saturated carbocycles. The number of hydrogen-bond acceptors (Lipinski definition) is 2. The van der Waals surface area contributed by atoms with Crippen LogP contribution in [0, 0.1) is 28.6 Å². The topological polar surface area (TPSA) is 34.1 Å². The first kappa shape index (κ1) is 18.1. The second kappa shape index (κ2) is 6.27. The van der Waals surface area contributed by atoms with Crippen molar-refractivity contribution in [3.05, 3.63) is 53.1 Å². The van der Waals surface area contributed by atoms with Crippen LogP contribution in [0.5, 0.6) is 0 Å². The van der Waals surface area contributed by atoms with Gasteiger partial charge in [0.1, 0.15) is 5.78 Å². The first-order valence-electron chi connectivity index (χ1n) is 10.9. The molecule has 5 atom stereocenters. The number of carbonyl (C=O) groups excluding carboxylic acids is 2. The van der Waals surface area contributed by atoms with E-state index in [9.17, 15) is 9.59 Å². The van der Waals surface area contributed by atoms with Crippen LogP contribution in [0.4, 0.5) is 0 Å². The summed E-state index contributed by atoms with van der Waals surface area (Å²) in [5.41, 5.74) is 3.46. The van der Waals surface area contributed by atoms with Crippen LogP contribution in [0.15, 0.2) is 47.6 Å². The Balaban J connectivity index is 1.50. The van der Waals surface area contributed by atoms with Gasteiger partial charge in [0.05, 0.1) is 0 Å². The predicted octanol–water partition coefficient (Wildman–Crippen LogP) is 5.78. The Hall–Kier alpha value is -1.96. The molecule has 146 valence electrons. The van der Waals surface area contributed by atoms with Gasteiger partial charge in [-0.25, -0.2) is 0 Å². The smallest absolute Gasteiger partial charge is 0.162 e. The lowest BCUT2D eigenvalue weighted by Gasteiger charge is -2.56. The van der Waals surface area contributed by atoms with Crippen molar-refractivity contribution in [1.29, 1.82) is 0 Å². The lowest BCUT2D eigenvalue weighted by molar-refractivity contribution is -0.131. The number of fused-ring (bicyclic) bond motifs is 5. The van der Waals surface area contributed by atoms with Gasteiger partial charge in [-0.05, 0) is 72.5 Å². The SMILES string of the molecule is CC12CCC3C(CC=C4CC(=O)C(=Cc5ccccc5)CC43C)C1CCC2=O. The quantitative estimate of drug-likeness (QED) is 0.461. The van der Waals surface area contributed by atoms with E-state index < -0.39 is 0 Å². The van der Waals surface area contributed by atoms with Crippen molar-refractivity contribution >= 4 is 17.6 Å². The number of carbonyl (C=O) groups is 2. The second-order valence-electron chi connectivity index (χ2n) is 10.0. The monoisotopic (exact) mass is 374 g/mol. The molecule has 5 unspecified atom stereocenters. The lowest BCUT2D eigenvalue weighted by atomic mass is 9.47. The Kier molecular flexibility index (Phi) is 4.05. The van der Waals surface area contributed by atoms with Gasteiger partial charge in [-0.3, -0.25) is 9.59 Å².